The fourth-order valence-electron chi connectivity index (χ4n) is 4.49. The van der Waals surface area contributed by atoms with Crippen molar-refractivity contribution in [2.45, 2.75) is 38.1 Å². The average Bonchev–Trinajstić information content (AvgIpc) is 3.26. The van der Waals surface area contributed by atoms with Gasteiger partial charge in [0.1, 0.15) is 0 Å². The van der Waals surface area contributed by atoms with Gasteiger partial charge in [-0.15, -0.1) is 0 Å². The lowest BCUT2D eigenvalue weighted by Gasteiger charge is -2.34. The van der Waals surface area contributed by atoms with E-state index in [1.54, 1.807) is 7.05 Å². The van der Waals surface area contributed by atoms with Gasteiger partial charge in [0.15, 0.2) is 5.96 Å². The molecule has 0 radical (unpaired) electrons. The molecule has 0 aromatic heterocycles. The predicted molar refractivity (Wildman–Crippen MR) is 128 cm³/mol. The number of piperidine rings is 1. The fourth-order valence-corrected chi connectivity index (χ4v) is 4.49. The summed E-state index contributed by atoms with van der Waals surface area (Å²) in [6.45, 7) is 3.63. The van der Waals surface area contributed by atoms with E-state index in [0.29, 0.717) is 12.5 Å². The van der Waals surface area contributed by atoms with Gasteiger partial charge in [0, 0.05) is 57.1 Å². The molecule has 0 saturated carbocycles. The first-order chi connectivity index (χ1) is 15.2. The summed E-state index contributed by atoms with van der Waals surface area (Å²) >= 11 is 0. The summed E-state index contributed by atoms with van der Waals surface area (Å²) in [6.07, 6.45) is 4.48. The molecule has 6 heteroatoms. The van der Waals surface area contributed by atoms with Crippen molar-refractivity contribution in [1.29, 1.82) is 0 Å². The smallest absolute Gasteiger partial charge is 0.227 e. The van der Waals surface area contributed by atoms with E-state index >= 15 is 0 Å². The van der Waals surface area contributed by atoms with Gasteiger partial charge in [0.25, 0.3) is 0 Å². The number of nitrogens with one attached hydrogen (secondary N) is 2. The molecule has 2 heterocycles. The lowest BCUT2D eigenvalue weighted by Crippen LogP contribution is -2.49. The molecule has 1 amide bonds. The van der Waals surface area contributed by atoms with Gasteiger partial charge in [-0.05, 0) is 49.4 Å². The van der Waals surface area contributed by atoms with Gasteiger partial charge in [0.05, 0.1) is 0 Å². The molecular weight excluding hydrogens is 386 g/mol. The van der Waals surface area contributed by atoms with Crippen LogP contribution in [0.2, 0.25) is 0 Å². The zero-order valence-corrected chi connectivity index (χ0v) is 18.4. The number of nitrogens with zero attached hydrogens (tertiary/aromatic N) is 3. The quantitative estimate of drug-likeness (QED) is 0.429. The fraction of sp³-hybridized carbons (Fsp3) is 0.440. The number of carbonyl (C=O) groups excluding carboxylic acids is 1. The highest BCUT2D eigenvalue weighted by Crippen LogP contribution is 2.28. The number of fused-ring (bicyclic) bond motifs is 1. The van der Waals surface area contributed by atoms with E-state index in [1.807, 2.05) is 23.1 Å². The van der Waals surface area contributed by atoms with Crippen molar-refractivity contribution in [3.05, 3.63) is 60.2 Å². The van der Waals surface area contributed by atoms with Crippen molar-refractivity contribution in [3.63, 3.8) is 0 Å². The third kappa shape index (κ3) is 5.37. The monoisotopic (exact) mass is 419 g/mol. The molecule has 0 aliphatic carbocycles. The van der Waals surface area contributed by atoms with Gasteiger partial charge >= 0.3 is 0 Å². The first-order valence-electron chi connectivity index (χ1n) is 11.4. The van der Waals surface area contributed by atoms with Crippen LogP contribution in [0.25, 0.3) is 0 Å². The van der Waals surface area contributed by atoms with Crippen molar-refractivity contribution in [3.8, 4) is 0 Å². The predicted octanol–water partition coefficient (Wildman–Crippen LogP) is 3.19. The molecule has 6 nitrogen and oxygen atoms in total. The number of amides is 1. The maximum atomic E-state index is 12.6. The number of anilines is 2. The van der Waals surface area contributed by atoms with Crippen LogP contribution in [-0.2, 0) is 11.2 Å². The standard InChI is InChI=1S/C25H33N5O/c1-26-25(28-21-14-17-29(18-15-21)22-9-3-2-4-10-22)27-16-7-12-24(31)30-19-13-20-8-5-6-11-23(20)30/h2-6,8-11,21H,7,12-19H2,1H3,(H2,26,27,28). The molecule has 31 heavy (non-hydrogen) atoms. The summed E-state index contributed by atoms with van der Waals surface area (Å²) in [7, 11) is 1.81. The molecule has 0 spiro atoms. The Morgan fingerprint density at radius 1 is 1.03 bits per heavy atom. The van der Waals surface area contributed by atoms with Crippen molar-refractivity contribution in [2.24, 2.45) is 4.99 Å². The number of carbonyl (C=O) groups is 1. The number of para-hydroxylation sites is 2. The van der Waals surface area contributed by atoms with Crippen LogP contribution in [0.3, 0.4) is 0 Å². The Morgan fingerprint density at radius 2 is 1.77 bits per heavy atom. The third-order valence-corrected chi connectivity index (χ3v) is 6.23. The van der Waals surface area contributed by atoms with Crippen LogP contribution in [-0.4, -0.2) is 51.1 Å². The molecule has 2 N–H and O–H groups in total. The van der Waals surface area contributed by atoms with Crippen LogP contribution >= 0.6 is 0 Å². The van der Waals surface area contributed by atoms with Crippen molar-refractivity contribution < 1.29 is 4.79 Å². The number of hydrogen-bond acceptors (Lipinski definition) is 3. The zero-order chi connectivity index (χ0) is 21.5. The normalized spacial score (nSPS) is 16.9. The Hall–Kier alpha value is -3.02. The van der Waals surface area contributed by atoms with E-state index in [-0.39, 0.29) is 5.91 Å². The minimum atomic E-state index is 0.211. The number of hydrogen-bond donors (Lipinski definition) is 2. The van der Waals surface area contributed by atoms with Crippen LogP contribution in [0.1, 0.15) is 31.2 Å². The van der Waals surface area contributed by atoms with Crippen molar-refractivity contribution >= 4 is 23.2 Å². The Kier molecular flexibility index (Phi) is 7.07. The molecule has 2 aromatic rings. The summed E-state index contributed by atoms with van der Waals surface area (Å²) in [4.78, 5) is 21.4. The lowest BCUT2D eigenvalue weighted by atomic mass is 10.0. The Labute approximate surface area is 185 Å². The summed E-state index contributed by atoms with van der Waals surface area (Å²) in [5, 5.41) is 6.93. The SMILES string of the molecule is CN=C(NCCCC(=O)N1CCc2ccccc21)NC1CCN(c2ccccc2)CC1. The number of aliphatic imine (C=N–C) groups is 1. The Bertz CT molecular complexity index is 890. The maximum absolute atomic E-state index is 12.6. The maximum Gasteiger partial charge on any atom is 0.227 e. The van der Waals surface area contributed by atoms with Crippen LogP contribution in [0.4, 0.5) is 11.4 Å². The van der Waals surface area contributed by atoms with E-state index in [1.165, 1.54) is 11.3 Å². The molecule has 2 aromatic carbocycles. The zero-order valence-electron chi connectivity index (χ0n) is 18.4. The molecule has 2 aliphatic rings. The van der Waals surface area contributed by atoms with Gasteiger partial charge in [-0.3, -0.25) is 9.79 Å². The molecule has 0 bridgehead atoms. The second-order valence-electron chi connectivity index (χ2n) is 8.27. The van der Waals surface area contributed by atoms with Gasteiger partial charge in [-0.2, -0.15) is 0 Å². The first-order valence-corrected chi connectivity index (χ1v) is 11.4. The number of guanidine groups is 1. The number of rotatable bonds is 6. The number of benzene rings is 2. The molecule has 2 aliphatic heterocycles. The van der Waals surface area contributed by atoms with E-state index in [4.69, 9.17) is 0 Å². The van der Waals surface area contributed by atoms with Gasteiger partial charge in [-0.1, -0.05) is 36.4 Å². The van der Waals surface area contributed by atoms with Gasteiger partial charge < -0.3 is 20.4 Å². The molecule has 1 saturated heterocycles. The molecule has 0 atom stereocenters. The summed E-state index contributed by atoms with van der Waals surface area (Å²) < 4.78 is 0. The van der Waals surface area contributed by atoms with Crippen molar-refractivity contribution in [1.82, 2.24) is 10.6 Å². The summed E-state index contributed by atoms with van der Waals surface area (Å²) in [6, 6.07) is 19.2. The van der Waals surface area contributed by atoms with Crippen LogP contribution in [0, 0.1) is 0 Å². The molecule has 4 rings (SSSR count). The third-order valence-electron chi connectivity index (χ3n) is 6.23. The minimum absolute atomic E-state index is 0.211. The molecule has 0 unspecified atom stereocenters. The largest absolute Gasteiger partial charge is 0.371 e. The van der Waals surface area contributed by atoms with Gasteiger partial charge in [0.2, 0.25) is 5.91 Å². The topological polar surface area (TPSA) is 60.0 Å². The van der Waals surface area contributed by atoms with E-state index in [0.717, 1.165) is 63.5 Å². The highest BCUT2D eigenvalue weighted by molar-refractivity contribution is 5.95. The summed E-state index contributed by atoms with van der Waals surface area (Å²) in [5.74, 6) is 1.04. The van der Waals surface area contributed by atoms with Crippen LogP contribution in [0.5, 0.6) is 0 Å². The molecule has 1 fully saturated rings. The Morgan fingerprint density at radius 3 is 2.55 bits per heavy atom. The second-order valence-corrected chi connectivity index (χ2v) is 8.27. The molecular formula is C25H33N5O. The Balaban J connectivity index is 1.16. The van der Waals surface area contributed by atoms with Crippen molar-refractivity contribution in [2.75, 3.05) is 43.0 Å². The second kappa shape index (κ2) is 10.3. The minimum Gasteiger partial charge on any atom is -0.371 e. The molecule has 164 valence electrons. The highest BCUT2D eigenvalue weighted by atomic mass is 16.2. The van der Waals surface area contributed by atoms with E-state index < -0.39 is 0 Å². The van der Waals surface area contributed by atoms with E-state index in [9.17, 15) is 4.79 Å². The van der Waals surface area contributed by atoms with Crippen LogP contribution in [0.15, 0.2) is 59.6 Å². The first kappa shape index (κ1) is 21.2. The van der Waals surface area contributed by atoms with Gasteiger partial charge in [-0.25, -0.2) is 0 Å². The van der Waals surface area contributed by atoms with Crippen LogP contribution < -0.4 is 20.4 Å². The average molecular weight is 420 g/mol. The lowest BCUT2D eigenvalue weighted by molar-refractivity contribution is -0.118. The highest BCUT2D eigenvalue weighted by Gasteiger charge is 2.23. The van der Waals surface area contributed by atoms with E-state index in [2.05, 4.69) is 56.9 Å². The summed E-state index contributed by atoms with van der Waals surface area (Å²) in [5.41, 5.74) is 3.66.